The predicted molar refractivity (Wildman–Crippen MR) is 98.5 cm³/mol. The Balaban J connectivity index is 1.35. The first-order valence-corrected chi connectivity index (χ1v) is 9.77. The van der Waals surface area contributed by atoms with E-state index in [0.717, 1.165) is 62.0 Å². The third-order valence-corrected chi connectivity index (χ3v) is 5.49. The summed E-state index contributed by atoms with van der Waals surface area (Å²) in [6, 6.07) is 9.01. The van der Waals surface area contributed by atoms with Crippen LogP contribution in [0.3, 0.4) is 0 Å². The van der Waals surface area contributed by atoms with Crippen molar-refractivity contribution in [2.75, 3.05) is 26.3 Å². The van der Waals surface area contributed by atoms with E-state index in [1.54, 1.807) is 11.3 Å². The third-order valence-electron chi connectivity index (χ3n) is 4.55. The molecule has 1 aliphatic heterocycles. The normalized spacial score (nSPS) is 18.2. The fourth-order valence-electron chi connectivity index (χ4n) is 2.96. The summed E-state index contributed by atoms with van der Waals surface area (Å²) >= 11 is 1.60. The van der Waals surface area contributed by atoms with E-state index in [-0.39, 0.29) is 5.91 Å². The molecule has 132 valence electrons. The molecule has 1 aromatic carbocycles. The van der Waals surface area contributed by atoms with Crippen LogP contribution in [0.25, 0.3) is 10.6 Å². The predicted octanol–water partition coefficient (Wildman–Crippen LogP) is 2.46. The minimum atomic E-state index is 0.0835. The molecule has 2 aromatic rings. The van der Waals surface area contributed by atoms with Gasteiger partial charge in [-0.3, -0.25) is 9.69 Å². The zero-order chi connectivity index (χ0) is 17.1. The topological polar surface area (TPSA) is 54.5 Å². The summed E-state index contributed by atoms with van der Waals surface area (Å²) in [5.74, 6) is 0.0835. The first-order chi connectivity index (χ1) is 12.3. The fourth-order valence-corrected chi connectivity index (χ4v) is 3.79. The van der Waals surface area contributed by atoms with Crippen molar-refractivity contribution in [3.8, 4) is 10.6 Å². The highest BCUT2D eigenvalue weighted by molar-refractivity contribution is 7.13. The molecule has 0 radical (unpaired) electrons. The van der Waals surface area contributed by atoms with Gasteiger partial charge >= 0.3 is 0 Å². The van der Waals surface area contributed by atoms with Crippen LogP contribution in [-0.2, 0) is 22.5 Å². The first kappa shape index (κ1) is 16.7. The van der Waals surface area contributed by atoms with Crippen LogP contribution >= 0.6 is 11.3 Å². The van der Waals surface area contributed by atoms with Gasteiger partial charge < -0.3 is 10.1 Å². The maximum Gasteiger partial charge on any atom is 0.226 e. The Morgan fingerprint density at radius 2 is 2.00 bits per heavy atom. The average Bonchev–Trinajstić information content (AvgIpc) is 3.32. The second-order valence-corrected chi connectivity index (χ2v) is 7.61. The third kappa shape index (κ3) is 4.66. The van der Waals surface area contributed by atoms with E-state index in [4.69, 9.17) is 4.74 Å². The molecule has 1 saturated carbocycles. The zero-order valence-electron chi connectivity index (χ0n) is 14.2. The quantitative estimate of drug-likeness (QED) is 0.863. The number of hydrogen-bond acceptors (Lipinski definition) is 5. The molecule has 1 N–H and O–H groups in total. The second kappa shape index (κ2) is 7.64. The van der Waals surface area contributed by atoms with Crippen LogP contribution in [0, 0.1) is 0 Å². The van der Waals surface area contributed by atoms with Crippen molar-refractivity contribution in [3.05, 3.63) is 40.9 Å². The summed E-state index contributed by atoms with van der Waals surface area (Å²) in [4.78, 5) is 18.9. The van der Waals surface area contributed by atoms with E-state index in [2.05, 4.69) is 39.5 Å². The molecule has 0 bridgehead atoms. The van der Waals surface area contributed by atoms with E-state index < -0.39 is 0 Å². The number of nitrogens with zero attached hydrogens (tertiary/aromatic N) is 2. The summed E-state index contributed by atoms with van der Waals surface area (Å²) in [5.41, 5.74) is 3.28. The Hall–Kier alpha value is -1.76. The molecule has 0 unspecified atom stereocenters. The number of morpholine rings is 1. The summed E-state index contributed by atoms with van der Waals surface area (Å²) in [6.45, 7) is 4.62. The van der Waals surface area contributed by atoms with Crippen LogP contribution in [0.2, 0.25) is 0 Å². The van der Waals surface area contributed by atoms with Crippen LogP contribution < -0.4 is 5.32 Å². The lowest BCUT2D eigenvalue weighted by atomic mass is 10.1. The van der Waals surface area contributed by atoms with Crippen molar-refractivity contribution in [1.82, 2.24) is 15.2 Å². The number of amides is 1. The zero-order valence-corrected chi connectivity index (χ0v) is 15.1. The Bertz CT molecular complexity index is 719. The summed E-state index contributed by atoms with van der Waals surface area (Å²) in [7, 11) is 0. The number of ether oxygens (including phenoxy) is 1. The average molecular weight is 357 g/mol. The molecule has 1 amide bonds. The van der Waals surface area contributed by atoms with E-state index >= 15 is 0 Å². The van der Waals surface area contributed by atoms with E-state index in [1.807, 2.05) is 5.38 Å². The van der Waals surface area contributed by atoms with Crippen molar-refractivity contribution < 1.29 is 9.53 Å². The standard InChI is InChI=1S/C19H23N3O2S/c23-18(20-16-5-6-16)11-17-13-25-19(21-17)15-3-1-14(2-4-15)12-22-7-9-24-10-8-22/h1-4,13,16H,5-12H2,(H,20,23). The highest BCUT2D eigenvalue weighted by Crippen LogP contribution is 2.25. The molecule has 1 aromatic heterocycles. The molecule has 1 saturated heterocycles. The minimum Gasteiger partial charge on any atom is -0.379 e. The Kier molecular flexibility index (Phi) is 5.10. The van der Waals surface area contributed by atoms with Crippen molar-refractivity contribution in [3.63, 3.8) is 0 Å². The SMILES string of the molecule is O=C(Cc1csc(-c2ccc(CN3CCOCC3)cc2)n1)NC1CC1. The minimum absolute atomic E-state index is 0.0835. The van der Waals surface area contributed by atoms with E-state index in [9.17, 15) is 4.79 Å². The van der Waals surface area contributed by atoms with Crippen molar-refractivity contribution in [1.29, 1.82) is 0 Å². The molecular weight excluding hydrogens is 334 g/mol. The van der Waals surface area contributed by atoms with Gasteiger partial charge in [0.15, 0.2) is 0 Å². The smallest absolute Gasteiger partial charge is 0.226 e. The maximum absolute atomic E-state index is 11.9. The number of thiazole rings is 1. The van der Waals surface area contributed by atoms with Crippen molar-refractivity contribution in [2.24, 2.45) is 0 Å². The van der Waals surface area contributed by atoms with Crippen molar-refractivity contribution >= 4 is 17.2 Å². The molecule has 2 fully saturated rings. The lowest BCUT2D eigenvalue weighted by Gasteiger charge is -2.26. The van der Waals surface area contributed by atoms with Gasteiger partial charge in [0, 0.05) is 36.6 Å². The molecule has 0 atom stereocenters. The van der Waals surface area contributed by atoms with Gasteiger partial charge in [0.1, 0.15) is 5.01 Å². The van der Waals surface area contributed by atoms with Gasteiger partial charge in [-0.15, -0.1) is 11.3 Å². The Morgan fingerprint density at radius 1 is 1.24 bits per heavy atom. The summed E-state index contributed by atoms with van der Waals surface area (Å²) in [5, 5.41) is 5.98. The number of hydrogen-bond donors (Lipinski definition) is 1. The molecular formula is C19H23N3O2S. The monoisotopic (exact) mass is 357 g/mol. The van der Waals surface area contributed by atoms with Crippen LogP contribution in [0.1, 0.15) is 24.1 Å². The van der Waals surface area contributed by atoms with Gasteiger partial charge in [0.25, 0.3) is 0 Å². The molecule has 25 heavy (non-hydrogen) atoms. The lowest BCUT2D eigenvalue weighted by Crippen LogP contribution is -2.35. The van der Waals surface area contributed by atoms with Gasteiger partial charge in [-0.05, 0) is 18.4 Å². The summed E-state index contributed by atoms with van der Waals surface area (Å²) in [6.07, 6.45) is 2.61. The molecule has 6 heteroatoms. The highest BCUT2D eigenvalue weighted by Gasteiger charge is 2.23. The van der Waals surface area contributed by atoms with Crippen LogP contribution in [0.15, 0.2) is 29.6 Å². The second-order valence-electron chi connectivity index (χ2n) is 6.75. The molecule has 2 heterocycles. The number of aromatic nitrogens is 1. The van der Waals surface area contributed by atoms with Crippen LogP contribution in [0.4, 0.5) is 0 Å². The lowest BCUT2D eigenvalue weighted by molar-refractivity contribution is -0.120. The Morgan fingerprint density at radius 3 is 2.72 bits per heavy atom. The van der Waals surface area contributed by atoms with Gasteiger partial charge in [-0.1, -0.05) is 24.3 Å². The van der Waals surface area contributed by atoms with Gasteiger partial charge in [0.2, 0.25) is 5.91 Å². The maximum atomic E-state index is 11.9. The largest absolute Gasteiger partial charge is 0.379 e. The molecule has 4 rings (SSSR count). The number of carbonyl (C=O) groups excluding carboxylic acids is 1. The van der Waals surface area contributed by atoms with Gasteiger partial charge in [-0.25, -0.2) is 4.98 Å². The number of carbonyl (C=O) groups is 1. The van der Waals surface area contributed by atoms with Crippen LogP contribution in [-0.4, -0.2) is 48.1 Å². The highest BCUT2D eigenvalue weighted by atomic mass is 32.1. The molecule has 5 nitrogen and oxygen atoms in total. The summed E-state index contributed by atoms with van der Waals surface area (Å²) < 4.78 is 5.39. The molecule has 1 aliphatic carbocycles. The Labute approximate surface area is 152 Å². The van der Waals surface area contributed by atoms with Crippen molar-refractivity contribution in [2.45, 2.75) is 31.8 Å². The number of rotatable bonds is 6. The van der Waals surface area contributed by atoms with E-state index in [1.165, 1.54) is 5.56 Å². The fraction of sp³-hybridized carbons (Fsp3) is 0.474. The number of nitrogens with one attached hydrogen (secondary N) is 1. The van der Waals surface area contributed by atoms with Gasteiger partial charge in [0.05, 0.1) is 25.3 Å². The molecule has 0 spiro atoms. The number of benzene rings is 1. The van der Waals surface area contributed by atoms with E-state index in [0.29, 0.717) is 12.5 Å². The molecule has 2 aliphatic rings. The first-order valence-electron chi connectivity index (χ1n) is 8.89. The van der Waals surface area contributed by atoms with Gasteiger partial charge in [-0.2, -0.15) is 0 Å². The van der Waals surface area contributed by atoms with Crippen LogP contribution in [0.5, 0.6) is 0 Å².